The van der Waals surface area contributed by atoms with Crippen LogP contribution in [0.15, 0.2) is 0 Å². The summed E-state index contributed by atoms with van der Waals surface area (Å²) in [5.74, 6) is 0. The molecule has 0 spiro atoms. The molecule has 0 aromatic heterocycles. The van der Waals surface area contributed by atoms with Gasteiger partial charge in [-0.1, -0.05) is 6.92 Å². The maximum absolute atomic E-state index is 11.9. The highest BCUT2D eigenvalue weighted by atomic mass is 31.2. The van der Waals surface area contributed by atoms with Crippen LogP contribution in [0.3, 0.4) is 0 Å². The molecule has 0 saturated heterocycles. The van der Waals surface area contributed by atoms with E-state index in [1.165, 1.54) is 0 Å². The third-order valence-corrected chi connectivity index (χ3v) is 3.92. The Hall–Kier alpha value is 0.0300. The Morgan fingerprint density at radius 1 is 1.12 bits per heavy atom. The van der Waals surface area contributed by atoms with E-state index in [0.717, 1.165) is 0 Å². The molecule has 0 saturated carbocycles. The molecule has 0 aliphatic carbocycles. The summed E-state index contributed by atoms with van der Waals surface area (Å²) in [6.45, 7) is 4.59. The lowest BCUT2D eigenvalue weighted by molar-refractivity contribution is 0.0722. The summed E-state index contributed by atoms with van der Waals surface area (Å²) >= 11 is 0. The second kappa shape index (κ2) is 9.10. The summed E-state index contributed by atoms with van der Waals surface area (Å²) in [4.78, 5) is 1.67. The van der Waals surface area contributed by atoms with Crippen LogP contribution < -0.4 is 0 Å². The highest BCUT2D eigenvalue weighted by Gasteiger charge is 2.22. The summed E-state index contributed by atoms with van der Waals surface area (Å²) in [7, 11) is -3.01. The number of aliphatic hydroxyl groups excluding tert-OH is 2. The fraction of sp³-hybridized carbons (Fsp3) is 1.00. The molecule has 0 aromatic carbocycles. The monoisotopic (exact) mass is 255 g/mol. The first-order chi connectivity index (χ1) is 7.61. The molecule has 0 radical (unpaired) electrons. The Labute approximate surface area is 96.7 Å². The average molecular weight is 255 g/mol. The molecule has 2 N–H and O–H groups in total. The fourth-order valence-electron chi connectivity index (χ4n) is 1.11. The topological polar surface area (TPSA) is 79.2 Å². The molecule has 1 atom stereocenters. The van der Waals surface area contributed by atoms with Crippen LogP contribution in [0.25, 0.3) is 0 Å². The van der Waals surface area contributed by atoms with Gasteiger partial charge in [-0.25, -0.2) is 0 Å². The zero-order valence-corrected chi connectivity index (χ0v) is 10.9. The SMILES string of the molecule is CCOP(=O)(CC)OCN(CCO)CCO. The normalized spacial score (nSPS) is 15.3. The Morgan fingerprint density at radius 2 is 1.69 bits per heavy atom. The van der Waals surface area contributed by atoms with Crippen molar-refractivity contribution in [3.8, 4) is 0 Å². The van der Waals surface area contributed by atoms with E-state index in [1.807, 2.05) is 0 Å². The molecule has 7 heteroatoms. The number of nitrogens with zero attached hydrogens (tertiary/aromatic N) is 1. The molecular formula is C9H22NO5P. The van der Waals surface area contributed by atoms with E-state index < -0.39 is 7.60 Å². The minimum absolute atomic E-state index is 0.0333. The van der Waals surface area contributed by atoms with Gasteiger partial charge in [0.25, 0.3) is 0 Å². The molecule has 6 nitrogen and oxygen atoms in total. The fourth-order valence-corrected chi connectivity index (χ4v) is 2.28. The number of hydrogen-bond acceptors (Lipinski definition) is 6. The van der Waals surface area contributed by atoms with E-state index >= 15 is 0 Å². The summed E-state index contributed by atoms with van der Waals surface area (Å²) in [5, 5.41) is 17.5. The first kappa shape index (κ1) is 16.0. The summed E-state index contributed by atoms with van der Waals surface area (Å²) in [6.07, 6.45) is 0.312. The lowest BCUT2D eigenvalue weighted by Gasteiger charge is -2.23. The van der Waals surface area contributed by atoms with Gasteiger partial charge in [0.2, 0.25) is 0 Å². The van der Waals surface area contributed by atoms with Crippen molar-refractivity contribution in [1.29, 1.82) is 0 Å². The number of rotatable bonds is 10. The number of aliphatic hydroxyl groups is 2. The van der Waals surface area contributed by atoms with Crippen LogP contribution in [0.4, 0.5) is 0 Å². The van der Waals surface area contributed by atoms with Crippen molar-refractivity contribution in [3.05, 3.63) is 0 Å². The Bertz CT molecular complexity index is 208. The van der Waals surface area contributed by atoms with Gasteiger partial charge in [-0.2, -0.15) is 0 Å². The van der Waals surface area contributed by atoms with E-state index in [1.54, 1.807) is 18.7 Å². The van der Waals surface area contributed by atoms with Gasteiger partial charge in [-0.05, 0) is 6.92 Å². The maximum atomic E-state index is 11.9. The molecule has 0 amide bonds. The minimum Gasteiger partial charge on any atom is -0.395 e. The zero-order chi connectivity index (χ0) is 12.4. The van der Waals surface area contributed by atoms with Crippen LogP contribution in [0.1, 0.15) is 13.8 Å². The van der Waals surface area contributed by atoms with E-state index in [9.17, 15) is 4.57 Å². The van der Waals surface area contributed by atoms with Crippen molar-refractivity contribution in [2.45, 2.75) is 13.8 Å². The van der Waals surface area contributed by atoms with Crippen LogP contribution in [0.5, 0.6) is 0 Å². The van der Waals surface area contributed by atoms with Gasteiger partial charge in [0, 0.05) is 19.3 Å². The Balaban J connectivity index is 4.09. The predicted molar refractivity (Wildman–Crippen MR) is 61.5 cm³/mol. The van der Waals surface area contributed by atoms with E-state index in [2.05, 4.69) is 0 Å². The van der Waals surface area contributed by atoms with Crippen molar-refractivity contribution in [1.82, 2.24) is 4.90 Å². The molecule has 1 unspecified atom stereocenters. The van der Waals surface area contributed by atoms with Crippen LogP contribution in [0.2, 0.25) is 0 Å². The van der Waals surface area contributed by atoms with Gasteiger partial charge < -0.3 is 14.7 Å². The predicted octanol–water partition coefficient (Wildman–Crippen LogP) is 0.497. The molecule has 0 aromatic rings. The molecule has 16 heavy (non-hydrogen) atoms. The van der Waals surface area contributed by atoms with Crippen LogP contribution in [0, 0.1) is 0 Å². The van der Waals surface area contributed by atoms with Crippen molar-refractivity contribution < 1.29 is 23.8 Å². The summed E-state index contributed by atoms with van der Waals surface area (Å²) in [5.41, 5.74) is 0. The second-order valence-corrected chi connectivity index (χ2v) is 5.54. The van der Waals surface area contributed by atoms with Crippen molar-refractivity contribution in [3.63, 3.8) is 0 Å². The van der Waals surface area contributed by atoms with Crippen molar-refractivity contribution in [2.24, 2.45) is 0 Å². The molecule has 0 heterocycles. The van der Waals surface area contributed by atoms with E-state index in [-0.39, 0.29) is 19.9 Å². The molecular weight excluding hydrogens is 233 g/mol. The van der Waals surface area contributed by atoms with Crippen LogP contribution in [-0.2, 0) is 13.6 Å². The largest absolute Gasteiger partial charge is 0.395 e. The summed E-state index contributed by atoms with van der Waals surface area (Å²) < 4.78 is 22.2. The molecule has 0 rings (SSSR count). The minimum atomic E-state index is -3.01. The molecule has 0 aliphatic heterocycles. The van der Waals surface area contributed by atoms with Crippen molar-refractivity contribution >= 4 is 7.60 Å². The Morgan fingerprint density at radius 3 is 2.06 bits per heavy atom. The van der Waals surface area contributed by atoms with Gasteiger partial charge in [0.15, 0.2) is 0 Å². The van der Waals surface area contributed by atoms with Gasteiger partial charge in [0.1, 0.15) is 6.73 Å². The molecule has 98 valence electrons. The maximum Gasteiger partial charge on any atom is 0.331 e. The first-order valence-electron chi connectivity index (χ1n) is 5.44. The highest BCUT2D eigenvalue weighted by molar-refractivity contribution is 7.53. The molecule has 0 bridgehead atoms. The highest BCUT2D eigenvalue weighted by Crippen LogP contribution is 2.47. The molecule has 0 fully saturated rings. The second-order valence-electron chi connectivity index (χ2n) is 3.17. The third-order valence-electron chi connectivity index (χ3n) is 1.98. The van der Waals surface area contributed by atoms with Crippen molar-refractivity contribution in [2.75, 3.05) is 45.8 Å². The van der Waals surface area contributed by atoms with Gasteiger partial charge >= 0.3 is 7.60 Å². The van der Waals surface area contributed by atoms with Crippen LogP contribution >= 0.6 is 7.60 Å². The number of hydrogen-bond donors (Lipinski definition) is 2. The summed E-state index contributed by atoms with van der Waals surface area (Å²) in [6, 6.07) is 0. The van der Waals surface area contributed by atoms with Gasteiger partial charge in [0.05, 0.1) is 19.8 Å². The first-order valence-corrected chi connectivity index (χ1v) is 7.16. The smallest absolute Gasteiger partial charge is 0.331 e. The van der Waals surface area contributed by atoms with E-state index in [0.29, 0.717) is 25.9 Å². The van der Waals surface area contributed by atoms with E-state index in [4.69, 9.17) is 19.3 Å². The lowest BCUT2D eigenvalue weighted by atomic mass is 10.5. The van der Waals surface area contributed by atoms with Gasteiger partial charge in [-0.3, -0.25) is 14.0 Å². The average Bonchev–Trinajstić information content (AvgIpc) is 2.27. The van der Waals surface area contributed by atoms with Crippen LogP contribution in [-0.4, -0.2) is 60.9 Å². The quantitative estimate of drug-likeness (QED) is 0.437. The molecule has 0 aliphatic rings. The Kier molecular flexibility index (Phi) is 9.12. The third kappa shape index (κ3) is 6.58. The zero-order valence-electron chi connectivity index (χ0n) is 9.96. The lowest BCUT2D eigenvalue weighted by Crippen LogP contribution is -2.31. The van der Waals surface area contributed by atoms with Gasteiger partial charge in [-0.15, -0.1) is 0 Å². The standard InChI is InChI=1S/C9H22NO5P/c1-3-14-16(13,4-2)15-9-10(5-7-11)6-8-12/h11-12H,3-9H2,1-2H3.